The molecule has 2 amide bonds. The number of pyridine rings is 1. The van der Waals surface area contributed by atoms with Crippen molar-refractivity contribution in [2.24, 2.45) is 0 Å². The first-order chi connectivity index (χ1) is 21.3. The van der Waals surface area contributed by atoms with Gasteiger partial charge in [-0.05, 0) is 43.2 Å². The van der Waals surface area contributed by atoms with Crippen LogP contribution in [0, 0.1) is 5.82 Å². The Kier molecular flexibility index (Phi) is 9.64. The molecule has 2 aromatic heterocycles. The zero-order chi connectivity index (χ0) is 31.1. The molecule has 232 valence electrons. The number of hydroxylamine groups is 1. The van der Waals surface area contributed by atoms with E-state index in [1.54, 1.807) is 54.5 Å². The van der Waals surface area contributed by atoms with Gasteiger partial charge in [-0.1, -0.05) is 11.3 Å². The molecule has 0 spiro atoms. The molecule has 14 nitrogen and oxygen atoms in total. The average Bonchev–Trinajstić information content (AvgIpc) is 3.80. The summed E-state index contributed by atoms with van der Waals surface area (Å²) in [4.78, 5) is 48.6. The Hall–Kier alpha value is -5.05. The van der Waals surface area contributed by atoms with Crippen LogP contribution in [0.4, 0.5) is 19.7 Å². The van der Waals surface area contributed by atoms with E-state index in [9.17, 15) is 14.4 Å². The van der Waals surface area contributed by atoms with Gasteiger partial charge in [-0.25, -0.2) is 18.7 Å². The van der Waals surface area contributed by atoms with Gasteiger partial charge in [-0.2, -0.15) is 0 Å². The van der Waals surface area contributed by atoms with Gasteiger partial charge in [0.05, 0.1) is 43.5 Å². The number of hydrogen-bond donors (Lipinski definition) is 1. The summed E-state index contributed by atoms with van der Waals surface area (Å²) in [6.07, 6.45) is 6.02. The second-order valence-corrected chi connectivity index (χ2v) is 10.2. The Labute approximate surface area is 252 Å². The highest BCUT2D eigenvalue weighted by molar-refractivity contribution is 5.90. The fraction of sp³-hybridized carbons (Fsp3) is 0.379. The quantitative estimate of drug-likeness (QED) is 0.183. The molecular weight excluding hydrogens is 577 g/mol. The molecule has 0 bridgehead atoms. The van der Waals surface area contributed by atoms with E-state index in [1.807, 2.05) is 0 Å². The van der Waals surface area contributed by atoms with E-state index in [4.69, 9.17) is 14.3 Å². The summed E-state index contributed by atoms with van der Waals surface area (Å²) < 4.78 is 32.1. The first kappa shape index (κ1) is 30.4. The van der Waals surface area contributed by atoms with Crippen molar-refractivity contribution in [2.75, 3.05) is 38.8 Å². The van der Waals surface area contributed by atoms with Gasteiger partial charge in [0, 0.05) is 43.5 Å². The maximum absolute atomic E-state index is 15.2. The molecule has 2 aliphatic rings. The number of carbonyl (C=O) groups excluding carboxylic acids is 3. The van der Waals surface area contributed by atoms with Crippen molar-refractivity contribution >= 4 is 29.5 Å². The van der Waals surface area contributed by atoms with Gasteiger partial charge in [0.25, 0.3) is 0 Å². The lowest BCUT2D eigenvalue weighted by Crippen LogP contribution is -2.27. The average molecular weight is 610 g/mol. The smallest absolute Gasteiger partial charge is 0.414 e. The molecule has 1 saturated heterocycles. The van der Waals surface area contributed by atoms with Gasteiger partial charge in [0.2, 0.25) is 0 Å². The number of nitrogens with one attached hydrogen (secondary N) is 1. The Bertz CT molecular complexity index is 1500. The van der Waals surface area contributed by atoms with Crippen LogP contribution in [-0.4, -0.2) is 89.1 Å². The van der Waals surface area contributed by atoms with E-state index in [0.29, 0.717) is 54.1 Å². The highest BCUT2D eigenvalue weighted by atomic mass is 19.1. The number of methoxy groups -OCH3 is 1. The van der Waals surface area contributed by atoms with E-state index in [2.05, 4.69) is 25.5 Å². The van der Waals surface area contributed by atoms with Gasteiger partial charge >= 0.3 is 18.2 Å². The highest BCUT2D eigenvalue weighted by Crippen LogP contribution is 2.30. The molecule has 44 heavy (non-hydrogen) atoms. The lowest BCUT2D eigenvalue weighted by Gasteiger charge is -2.14. The first-order valence-electron chi connectivity index (χ1n) is 14.0. The third kappa shape index (κ3) is 7.47. The van der Waals surface area contributed by atoms with E-state index >= 15 is 4.39 Å². The van der Waals surface area contributed by atoms with Crippen molar-refractivity contribution < 1.29 is 37.8 Å². The summed E-state index contributed by atoms with van der Waals surface area (Å²) in [6, 6.07) is 8.00. The van der Waals surface area contributed by atoms with Crippen LogP contribution in [0.15, 0.2) is 55.0 Å². The number of nitrogens with zero attached hydrogens (tertiary/aromatic N) is 6. The van der Waals surface area contributed by atoms with Crippen LogP contribution >= 0.6 is 0 Å². The van der Waals surface area contributed by atoms with Crippen LogP contribution in [0.2, 0.25) is 0 Å². The van der Waals surface area contributed by atoms with Crippen LogP contribution in [0.25, 0.3) is 16.8 Å². The number of esters is 1. The predicted octanol–water partition coefficient (Wildman–Crippen LogP) is 3.16. The third-order valence-corrected chi connectivity index (χ3v) is 7.04. The molecule has 0 radical (unpaired) electrons. The fourth-order valence-electron chi connectivity index (χ4n) is 4.71. The summed E-state index contributed by atoms with van der Waals surface area (Å²) >= 11 is 0. The van der Waals surface area contributed by atoms with E-state index in [-0.39, 0.29) is 25.5 Å². The minimum Gasteiger partial charge on any atom is -0.462 e. The van der Waals surface area contributed by atoms with Gasteiger partial charge in [-0.3, -0.25) is 25.0 Å². The lowest BCUT2D eigenvalue weighted by molar-refractivity contribution is -0.147. The molecule has 15 heteroatoms. The lowest BCUT2D eigenvalue weighted by atomic mass is 10.1. The van der Waals surface area contributed by atoms with E-state index in [1.165, 1.54) is 29.2 Å². The first-order valence-corrected chi connectivity index (χ1v) is 14.0. The number of ether oxygens (including phenoxy) is 3. The SMILES string of the molecule is COC(=O)N(C)CCCCC(=O)OC[C@@H]1C=C(c2ccc(-c3ccc(N4C[C@H](Cn5ccnn5)OC4=O)cc3F)cn2)NO1. The van der Waals surface area contributed by atoms with Gasteiger partial charge < -0.3 is 19.1 Å². The number of benzene rings is 1. The number of hydrogen-bond acceptors (Lipinski definition) is 11. The fourth-order valence-corrected chi connectivity index (χ4v) is 4.71. The number of carbonyl (C=O) groups is 3. The maximum Gasteiger partial charge on any atom is 0.414 e. The number of halogens is 1. The van der Waals surface area contributed by atoms with Crippen LogP contribution < -0.4 is 10.4 Å². The highest BCUT2D eigenvalue weighted by Gasteiger charge is 2.33. The third-order valence-electron chi connectivity index (χ3n) is 7.04. The number of aromatic nitrogens is 4. The molecule has 0 unspecified atom stereocenters. The summed E-state index contributed by atoms with van der Waals surface area (Å²) in [7, 11) is 2.95. The van der Waals surface area contributed by atoms with Gasteiger partial charge in [-0.15, -0.1) is 5.10 Å². The topological polar surface area (TPSA) is 150 Å². The van der Waals surface area contributed by atoms with E-state index in [0.717, 1.165) is 0 Å². The van der Waals surface area contributed by atoms with Crippen LogP contribution in [-0.2, 0) is 30.4 Å². The molecule has 4 heterocycles. The van der Waals surface area contributed by atoms with Crippen LogP contribution in [0.1, 0.15) is 25.0 Å². The van der Waals surface area contributed by atoms with Crippen LogP contribution in [0.3, 0.4) is 0 Å². The van der Waals surface area contributed by atoms with Crippen LogP contribution in [0.5, 0.6) is 0 Å². The predicted molar refractivity (Wildman–Crippen MR) is 153 cm³/mol. The van der Waals surface area contributed by atoms with E-state index < -0.39 is 30.2 Å². The summed E-state index contributed by atoms with van der Waals surface area (Å²) in [6.45, 7) is 1.11. The Balaban J connectivity index is 1.11. The molecule has 1 aromatic carbocycles. The maximum atomic E-state index is 15.2. The second kappa shape index (κ2) is 13.9. The summed E-state index contributed by atoms with van der Waals surface area (Å²) in [5, 5.41) is 7.62. The standard InChI is InChI=1S/C29H32FN7O7/c1-35(28(39)41-2)11-4-3-5-27(38)42-18-21-14-26(33-44-21)25-9-6-19(15-31-25)23-8-7-20(13-24(23)30)37-17-22(43-29(37)40)16-36-12-10-32-34-36/h6-10,12-15,21-22,33H,3-5,11,16-18H2,1-2H3/t21-,22-/m0/s1. The Morgan fingerprint density at radius 1 is 1.23 bits per heavy atom. The largest absolute Gasteiger partial charge is 0.462 e. The Morgan fingerprint density at radius 3 is 2.82 bits per heavy atom. The van der Waals surface area contributed by atoms with Gasteiger partial charge in [0.15, 0.2) is 0 Å². The van der Waals surface area contributed by atoms with Crippen molar-refractivity contribution in [3.8, 4) is 11.1 Å². The van der Waals surface area contributed by atoms with Gasteiger partial charge in [0.1, 0.15) is 24.6 Å². The molecule has 1 N–H and O–H groups in total. The number of rotatable bonds is 12. The van der Waals surface area contributed by atoms with Crippen molar-refractivity contribution in [1.29, 1.82) is 0 Å². The molecule has 0 saturated carbocycles. The number of anilines is 1. The van der Waals surface area contributed by atoms with Crippen molar-refractivity contribution in [2.45, 2.75) is 38.0 Å². The molecule has 2 aliphatic heterocycles. The zero-order valence-electron chi connectivity index (χ0n) is 24.2. The normalized spacial score (nSPS) is 17.6. The molecular formula is C29H32FN7O7. The molecule has 0 aliphatic carbocycles. The zero-order valence-corrected chi connectivity index (χ0v) is 24.2. The number of amides is 2. The van der Waals surface area contributed by atoms with Crippen molar-refractivity contribution in [3.05, 3.63) is 66.5 Å². The monoisotopic (exact) mass is 609 g/mol. The number of cyclic esters (lactones) is 1. The summed E-state index contributed by atoms with van der Waals surface area (Å²) in [5.41, 5.74) is 5.20. The second-order valence-electron chi connectivity index (χ2n) is 10.2. The molecule has 3 aromatic rings. The molecule has 1 fully saturated rings. The molecule has 2 atom stereocenters. The van der Waals surface area contributed by atoms with Crippen molar-refractivity contribution in [1.82, 2.24) is 30.4 Å². The van der Waals surface area contributed by atoms with Crippen molar-refractivity contribution in [3.63, 3.8) is 0 Å². The Morgan fingerprint density at radius 2 is 2.09 bits per heavy atom. The molecule has 5 rings (SSSR count). The number of unbranched alkanes of at least 4 members (excludes halogenated alkanes) is 1. The minimum atomic E-state index is -0.554. The summed E-state index contributed by atoms with van der Waals surface area (Å²) in [5.74, 6) is -0.872. The minimum absolute atomic E-state index is 0.0266.